The Morgan fingerprint density at radius 2 is 1.89 bits per heavy atom. The van der Waals surface area contributed by atoms with Crippen molar-refractivity contribution in [2.75, 3.05) is 13.7 Å². The topological polar surface area (TPSA) is 87.7 Å². The summed E-state index contributed by atoms with van der Waals surface area (Å²) < 4.78 is 5.13. The molecule has 2 amide bonds. The summed E-state index contributed by atoms with van der Waals surface area (Å²) in [6.45, 7) is 1.76. The molecule has 0 heterocycles. The summed E-state index contributed by atoms with van der Waals surface area (Å²) in [6, 6.07) is 7.21. The van der Waals surface area contributed by atoms with Crippen molar-refractivity contribution in [3.8, 4) is 5.75 Å². The van der Waals surface area contributed by atoms with E-state index in [0.717, 1.165) is 5.56 Å². The number of benzene rings is 1. The fourth-order valence-electron chi connectivity index (χ4n) is 1.43. The van der Waals surface area contributed by atoms with E-state index in [9.17, 15) is 9.59 Å². The zero-order chi connectivity index (χ0) is 14.3. The molecule has 0 unspecified atom stereocenters. The van der Waals surface area contributed by atoms with Crippen molar-refractivity contribution in [1.82, 2.24) is 10.6 Å². The third kappa shape index (κ3) is 4.97. The smallest absolute Gasteiger partial charge is 0.309 e. The number of amides is 2. The summed E-state index contributed by atoms with van der Waals surface area (Å²) in [5.74, 6) is -0.866. The number of carbonyl (C=O) groups is 2. The Bertz CT molecular complexity index is 446. The van der Waals surface area contributed by atoms with Crippen LogP contribution in [0.25, 0.3) is 0 Å². The molecular formula is C13H18N2O4. The molecule has 6 heteroatoms. The normalized spacial score (nSPS) is 11.5. The molecule has 0 saturated carbocycles. The van der Waals surface area contributed by atoms with Crippen molar-refractivity contribution < 1.29 is 19.4 Å². The van der Waals surface area contributed by atoms with Crippen molar-refractivity contribution in [1.29, 1.82) is 0 Å². The van der Waals surface area contributed by atoms with E-state index in [4.69, 9.17) is 9.84 Å². The minimum Gasteiger partial charge on any atom is -0.496 e. The van der Waals surface area contributed by atoms with Gasteiger partial charge in [-0.2, -0.15) is 0 Å². The second-order valence-electron chi connectivity index (χ2n) is 4.05. The van der Waals surface area contributed by atoms with Gasteiger partial charge in [-0.05, 0) is 13.0 Å². The Balaban J connectivity index is 2.47. The molecule has 0 spiro atoms. The molecule has 0 aliphatic heterocycles. The molecule has 6 nitrogen and oxygen atoms in total. The molecule has 3 N–H and O–H groups in total. The minimum absolute atomic E-state index is 0.0426. The second kappa shape index (κ2) is 7.38. The van der Waals surface area contributed by atoms with Gasteiger partial charge in [0.2, 0.25) is 0 Å². The maximum Gasteiger partial charge on any atom is 0.309 e. The highest BCUT2D eigenvalue weighted by Gasteiger charge is 2.13. The molecule has 0 aromatic heterocycles. The van der Waals surface area contributed by atoms with E-state index in [2.05, 4.69) is 10.6 Å². The number of aliphatic hydroxyl groups excluding tert-OH is 1. The van der Waals surface area contributed by atoms with Gasteiger partial charge in [0.25, 0.3) is 0 Å². The second-order valence-corrected chi connectivity index (χ2v) is 4.05. The number of rotatable bonds is 5. The van der Waals surface area contributed by atoms with Gasteiger partial charge in [0.1, 0.15) is 5.75 Å². The summed E-state index contributed by atoms with van der Waals surface area (Å²) in [5, 5.41) is 13.8. The van der Waals surface area contributed by atoms with Crippen LogP contribution in [0.1, 0.15) is 12.5 Å². The Labute approximate surface area is 111 Å². The molecule has 1 aromatic rings. The molecule has 0 bridgehead atoms. The Morgan fingerprint density at radius 1 is 1.26 bits per heavy atom. The van der Waals surface area contributed by atoms with E-state index in [0.29, 0.717) is 5.75 Å². The van der Waals surface area contributed by atoms with Crippen LogP contribution in [0.15, 0.2) is 24.3 Å². The average molecular weight is 266 g/mol. The Morgan fingerprint density at radius 3 is 2.53 bits per heavy atom. The minimum atomic E-state index is -0.768. The first-order valence-electron chi connectivity index (χ1n) is 5.90. The van der Waals surface area contributed by atoms with E-state index >= 15 is 0 Å². The third-order valence-corrected chi connectivity index (χ3v) is 2.40. The average Bonchev–Trinajstić information content (AvgIpc) is 2.42. The van der Waals surface area contributed by atoms with Crippen LogP contribution >= 0.6 is 0 Å². The first kappa shape index (κ1) is 15.0. The van der Waals surface area contributed by atoms with E-state index in [-0.39, 0.29) is 13.1 Å². The first-order valence-corrected chi connectivity index (χ1v) is 5.90. The fraction of sp³-hybridized carbons (Fsp3) is 0.385. The van der Waals surface area contributed by atoms with Crippen LogP contribution in [0.2, 0.25) is 0 Å². The largest absolute Gasteiger partial charge is 0.496 e. The summed E-state index contributed by atoms with van der Waals surface area (Å²) in [4.78, 5) is 22.8. The summed E-state index contributed by atoms with van der Waals surface area (Å²) >= 11 is 0. The van der Waals surface area contributed by atoms with Crippen LogP contribution in [0, 0.1) is 0 Å². The van der Waals surface area contributed by atoms with E-state index < -0.39 is 17.9 Å². The Hall–Kier alpha value is -2.08. The van der Waals surface area contributed by atoms with E-state index in [1.165, 1.54) is 14.0 Å². The highest BCUT2D eigenvalue weighted by molar-refractivity contribution is 6.35. The number of carbonyl (C=O) groups excluding carboxylic acids is 2. The number of nitrogens with one attached hydrogen (secondary N) is 2. The molecule has 1 rings (SSSR count). The lowest BCUT2D eigenvalue weighted by Gasteiger charge is -2.10. The maximum absolute atomic E-state index is 11.5. The molecule has 0 radical (unpaired) electrons. The van der Waals surface area contributed by atoms with Gasteiger partial charge in [0.05, 0.1) is 13.2 Å². The summed E-state index contributed by atoms with van der Waals surface area (Å²) in [5.41, 5.74) is 0.779. The van der Waals surface area contributed by atoms with Gasteiger partial charge in [-0.15, -0.1) is 0 Å². The molecule has 104 valence electrons. The molecular weight excluding hydrogens is 248 g/mol. The van der Waals surface area contributed by atoms with Crippen LogP contribution in [-0.4, -0.2) is 36.7 Å². The fourth-order valence-corrected chi connectivity index (χ4v) is 1.43. The molecule has 0 aliphatic rings. The van der Waals surface area contributed by atoms with Crippen LogP contribution in [-0.2, 0) is 16.1 Å². The SMILES string of the molecule is COc1ccccc1CNC(=O)C(=O)NC[C@@H](C)O. The van der Waals surface area contributed by atoms with Crippen molar-refractivity contribution in [2.45, 2.75) is 19.6 Å². The van der Waals surface area contributed by atoms with Gasteiger partial charge in [-0.25, -0.2) is 0 Å². The number of aliphatic hydroxyl groups is 1. The van der Waals surface area contributed by atoms with Crippen molar-refractivity contribution in [3.63, 3.8) is 0 Å². The molecule has 0 saturated heterocycles. The standard InChI is InChI=1S/C13H18N2O4/c1-9(16)7-14-12(17)13(18)15-8-10-5-3-4-6-11(10)19-2/h3-6,9,16H,7-8H2,1-2H3,(H,14,17)(H,15,18)/t9-/m1/s1. The number of ether oxygens (including phenoxy) is 1. The summed E-state index contributed by atoms with van der Waals surface area (Å²) in [6.07, 6.45) is -0.689. The predicted octanol–water partition coefficient (Wildman–Crippen LogP) is -0.192. The van der Waals surface area contributed by atoms with Gasteiger partial charge in [-0.1, -0.05) is 18.2 Å². The van der Waals surface area contributed by atoms with E-state index in [1.54, 1.807) is 12.1 Å². The Kier molecular flexibility index (Phi) is 5.81. The van der Waals surface area contributed by atoms with Crippen LogP contribution in [0.5, 0.6) is 5.75 Å². The number of methoxy groups -OCH3 is 1. The van der Waals surface area contributed by atoms with Gasteiger partial charge in [-0.3, -0.25) is 9.59 Å². The quantitative estimate of drug-likeness (QED) is 0.645. The monoisotopic (exact) mass is 266 g/mol. The molecule has 0 fully saturated rings. The zero-order valence-electron chi connectivity index (χ0n) is 11.0. The number of hydrogen-bond donors (Lipinski definition) is 3. The summed E-state index contributed by atoms with van der Waals surface area (Å²) in [7, 11) is 1.54. The maximum atomic E-state index is 11.5. The molecule has 0 aliphatic carbocycles. The lowest BCUT2D eigenvalue weighted by Crippen LogP contribution is -2.42. The van der Waals surface area contributed by atoms with Gasteiger partial charge in [0.15, 0.2) is 0 Å². The molecule has 1 aromatic carbocycles. The lowest BCUT2D eigenvalue weighted by molar-refractivity contribution is -0.139. The van der Waals surface area contributed by atoms with Crippen molar-refractivity contribution in [2.24, 2.45) is 0 Å². The van der Waals surface area contributed by atoms with Crippen molar-refractivity contribution in [3.05, 3.63) is 29.8 Å². The van der Waals surface area contributed by atoms with Crippen LogP contribution < -0.4 is 15.4 Å². The van der Waals surface area contributed by atoms with Crippen LogP contribution in [0.4, 0.5) is 0 Å². The van der Waals surface area contributed by atoms with Gasteiger partial charge >= 0.3 is 11.8 Å². The molecule has 1 atom stereocenters. The lowest BCUT2D eigenvalue weighted by atomic mass is 10.2. The van der Waals surface area contributed by atoms with Crippen molar-refractivity contribution >= 4 is 11.8 Å². The highest BCUT2D eigenvalue weighted by Crippen LogP contribution is 2.16. The first-order chi connectivity index (χ1) is 9.04. The third-order valence-electron chi connectivity index (χ3n) is 2.40. The predicted molar refractivity (Wildman–Crippen MR) is 69.5 cm³/mol. The number of para-hydroxylation sites is 1. The zero-order valence-corrected chi connectivity index (χ0v) is 11.0. The van der Waals surface area contributed by atoms with Crippen LogP contribution in [0.3, 0.4) is 0 Å². The van der Waals surface area contributed by atoms with Gasteiger partial charge < -0.3 is 20.5 Å². The highest BCUT2D eigenvalue weighted by atomic mass is 16.5. The van der Waals surface area contributed by atoms with E-state index in [1.807, 2.05) is 12.1 Å². The molecule has 19 heavy (non-hydrogen) atoms. The van der Waals surface area contributed by atoms with Gasteiger partial charge in [0, 0.05) is 18.7 Å². The number of hydrogen-bond acceptors (Lipinski definition) is 4.